The minimum atomic E-state index is -2.23. The van der Waals surface area contributed by atoms with Gasteiger partial charge >= 0.3 is 5.97 Å². The molecule has 0 fully saturated rings. The molecule has 0 radical (unpaired) electrons. The zero-order valence-corrected chi connectivity index (χ0v) is 12.7. The van der Waals surface area contributed by atoms with Crippen LogP contribution in [0.3, 0.4) is 0 Å². The Morgan fingerprint density at radius 1 is 1.26 bits per heavy atom. The molecule has 19 heavy (non-hydrogen) atoms. The van der Waals surface area contributed by atoms with Crippen molar-refractivity contribution in [2.75, 3.05) is 0 Å². The minimum Gasteiger partial charge on any atom is -0.543 e. The van der Waals surface area contributed by atoms with E-state index in [9.17, 15) is 13.6 Å². The van der Waals surface area contributed by atoms with Gasteiger partial charge in [-0.15, -0.1) is 0 Å². The molecule has 0 unspecified atom stereocenters. The molecular formula is C13H18F2O3Si. The van der Waals surface area contributed by atoms with Crippen molar-refractivity contribution >= 4 is 14.3 Å². The zero-order valence-electron chi connectivity index (χ0n) is 11.7. The lowest BCUT2D eigenvalue weighted by Crippen LogP contribution is -2.43. The third-order valence-electron chi connectivity index (χ3n) is 3.41. The van der Waals surface area contributed by atoms with Gasteiger partial charge in [-0.3, -0.25) is 0 Å². The van der Waals surface area contributed by atoms with Crippen molar-refractivity contribution in [2.24, 2.45) is 0 Å². The highest BCUT2D eigenvalue weighted by Gasteiger charge is 2.39. The van der Waals surface area contributed by atoms with Gasteiger partial charge in [0.2, 0.25) is 8.32 Å². The fourth-order valence-electron chi connectivity index (χ4n) is 1.23. The molecule has 0 spiro atoms. The summed E-state index contributed by atoms with van der Waals surface area (Å²) < 4.78 is 32.4. The Hall–Kier alpha value is -1.43. The molecule has 0 heterocycles. The summed E-state index contributed by atoms with van der Waals surface area (Å²) in [5.41, 5.74) is -0.714. The third-order valence-corrected chi connectivity index (χ3v) is 7.77. The van der Waals surface area contributed by atoms with Gasteiger partial charge in [-0.1, -0.05) is 20.8 Å². The van der Waals surface area contributed by atoms with Gasteiger partial charge < -0.3 is 9.53 Å². The fraction of sp³-hybridized carbons (Fsp3) is 0.462. The van der Waals surface area contributed by atoms with Gasteiger partial charge in [-0.25, -0.2) is 13.6 Å². The van der Waals surface area contributed by atoms with Crippen LogP contribution in [0.15, 0.2) is 12.1 Å². The van der Waals surface area contributed by atoms with Gasteiger partial charge in [0, 0.05) is 6.07 Å². The molecule has 1 aromatic carbocycles. The number of carboxylic acid groups (broad SMARTS) is 1. The number of halogens is 2. The Labute approximate surface area is 112 Å². The van der Waals surface area contributed by atoms with E-state index in [0.717, 1.165) is 12.1 Å². The topological polar surface area (TPSA) is 46.5 Å². The van der Waals surface area contributed by atoms with Crippen molar-refractivity contribution in [3.63, 3.8) is 0 Å². The summed E-state index contributed by atoms with van der Waals surface area (Å²) in [6.07, 6.45) is 0. The maximum atomic E-state index is 13.4. The largest absolute Gasteiger partial charge is 0.543 e. The molecule has 0 aliphatic heterocycles. The van der Waals surface area contributed by atoms with E-state index in [0.29, 0.717) is 0 Å². The Morgan fingerprint density at radius 3 is 2.21 bits per heavy atom. The van der Waals surface area contributed by atoms with E-state index in [1.165, 1.54) is 0 Å². The third kappa shape index (κ3) is 3.31. The number of benzene rings is 1. The molecule has 6 heteroatoms. The average molecular weight is 288 g/mol. The van der Waals surface area contributed by atoms with Crippen LogP contribution in [-0.2, 0) is 0 Å². The van der Waals surface area contributed by atoms with Gasteiger partial charge in [-0.05, 0) is 24.2 Å². The minimum absolute atomic E-state index is 0.0582. The van der Waals surface area contributed by atoms with Gasteiger partial charge in [0.1, 0.15) is 11.3 Å². The van der Waals surface area contributed by atoms with E-state index in [1.807, 2.05) is 33.9 Å². The summed E-state index contributed by atoms with van der Waals surface area (Å²) in [5.74, 6) is -4.04. The molecule has 0 aromatic heterocycles. The van der Waals surface area contributed by atoms with Gasteiger partial charge in [0.25, 0.3) is 0 Å². The molecule has 0 bridgehead atoms. The summed E-state index contributed by atoms with van der Waals surface area (Å²) in [6, 6.07) is 1.92. The van der Waals surface area contributed by atoms with Crippen LogP contribution in [-0.4, -0.2) is 19.4 Å². The molecule has 106 valence electrons. The van der Waals surface area contributed by atoms with E-state index < -0.39 is 31.5 Å². The Bertz CT molecular complexity index is 507. The SMILES string of the molecule is CC(C)(C)[Si](C)(C)Oc1cc(F)c(F)c(C(=O)O)c1. The van der Waals surface area contributed by atoms with Crippen molar-refractivity contribution < 1.29 is 23.1 Å². The summed E-state index contributed by atoms with van der Waals surface area (Å²) in [7, 11) is -2.23. The molecule has 0 atom stereocenters. The van der Waals surface area contributed by atoms with Crippen LogP contribution in [0.25, 0.3) is 0 Å². The average Bonchev–Trinajstić information content (AvgIpc) is 2.20. The van der Waals surface area contributed by atoms with Crippen LogP contribution in [0.1, 0.15) is 31.1 Å². The lowest BCUT2D eigenvalue weighted by atomic mass is 10.2. The van der Waals surface area contributed by atoms with E-state index in [2.05, 4.69) is 0 Å². The standard InChI is InChI=1S/C13H18F2O3Si/c1-13(2,3)19(4,5)18-8-6-9(12(16)17)11(15)10(14)7-8/h6-7H,1-5H3,(H,16,17). The van der Waals surface area contributed by atoms with Crippen molar-refractivity contribution in [3.8, 4) is 5.75 Å². The number of rotatable bonds is 3. The van der Waals surface area contributed by atoms with Crippen LogP contribution in [0.4, 0.5) is 8.78 Å². The molecule has 0 aliphatic carbocycles. The van der Waals surface area contributed by atoms with Crippen LogP contribution in [0, 0.1) is 11.6 Å². The molecule has 0 saturated heterocycles. The normalized spacial score (nSPS) is 12.4. The van der Waals surface area contributed by atoms with E-state index in [4.69, 9.17) is 9.53 Å². The second kappa shape index (κ2) is 4.92. The maximum Gasteiger partial charge on any atom is 0.338 e. The first-order valence-corrected chi connectivity index (χ1v) is 8.78. The Balaban J connectivity index is 3.21. The van der Waals surface area contributed by atoms with Gasteiger partial charge in [0.15, 0.2) is 11.6 Å². The molecule has 0 amide bonds. The van der Waals surface area contributed by atoms with Crippen LogP contribution in [0.2, 0.25) is 18.1 Å². The first kappa shape index (κ1) is 15.6. The zero-order chi connectivity index (χ0) is 15.0. The van der Waals surface area contributed by atoms with E-state index >= 15 is 0 Å². The Kier molecular flexibility index (Phi) is 4.05. The van der Waals surface area contributed by atoms with Crippen LogP contribution < -0.4 is 4.43 Å². The monoisotopic (exact) mass is 288 g/mol. The van der Waals surface area contributed by atoms with E-state index in [1.54, 1.807) is 0 Å². The van der Waals surface area contributed by atoms with Crippen molar-refractivity contribution in [1.82, 2.24) is 0 Å². The maximum absolute atomic E-state index is 13.4. The van der Waals surface area contributed by atoms with Crippen molar-refractivity contribution in [3.05, 3.63) is 29.3 Å². The smallest absolute Gasteiger partial charge is 0.338 e. The predicted molar refractivity (Wildman–Crippen MR) is 71.1 cm³/mol. The number of hydrogen-bond donors (Lipinski definition) is 1. The number of carbonyl (C=O) groups is 1. The number of carboxylic acids is 1. The highest BCUT2D eigenvalue weighted by molar-refractivity contribution is 6.74. The molecule has 3 nitrogen and oxygen atoms in total. The lowest BCUT2D eigenvalue weighted by Gasteiger charge is -2.36. The number of hydrogen-bond acceptors (Lipinski definition) is 2. The van der Waals surface area contributed by atoms with Gasteiger partial charge in [0.05, 0.1) is 0 Å². The predicted octanol–water partition coefficient (Wildman–Crippen LogP) is 4.05. The van der Waals surface area contributed by atoms with Gasteiger partial charge in [-0.2, -0.15) is 0 Å². The number of aromatic carboxylic acids is 1. The quantitative estimate of drug-likeness (QED) is 0.854. The van der Waals surface area contributed by atoms with E-state index in [-0.39, 0.29) is 10.8 Å². The lowest BCUT2D eigenvalue weighted by molar-refractivity contribution is 0.0690. The second-order valence-corrected chi connectivity index (χ2v) is 10.7. The summed E-state index contributed by atoms with van der Waals surface area (Å²) in [4.78, 5) is 10.8. The molecule has 1 N–H and O–H groups in total. The summed E-state index contributed by atoms with van der Waals surface area (Å²) in [6.45, 7) is 9.87. The van der Waals surface area contributed by atoms with Crippen LogP contribution in [0.5, 0.6) is 5.75 Å². The Morgan fingerprint density at radius 2 is 1.79 bits per heavy atom. The molecule has 1 rings (SSSR count). The van der Waals surface area contributed by atoms with Crippen LogP contribution >= 0.6 is 0 Å². The highest BCUT2D eigenvalue weighted by atomic mass is 28.4. The fourth-order valence-corrected chi connectivity index (χ4v) is 2.24. The van der Waals surface area contributed by atoms with Crippen molar-refractivity contribution in [2.45, 2.75) is 38.9 Å². The first-order valence-electron chi connectivity index (χ1n) is 5.87. The van der Waals surface area contributed by atoms with Crippen molar-refractivity contribution in [1.29, 1.82) is 0 Å². The second-order valence-electron chi connectivity index (χ2n) is 5.93. The summed E-state index contributed by atoms with van der Waals surface area (Å²) in [5, 5.41) is 8.70. The molecule has 1 aromatic rings. The first-order chi connectivity index (χ1) is 8.45. The highest BCUT2D eigenvalue weighted by Crippen LogP contribution is 2.37. The molecular weight excluding hydrogens is 270 g/mol. The summed E-state index contributed by atoms with van der Waals surface area (Å²) >= 11 is 0. The molecule has 0 saturated carbocycles. The molecule has 0 aliphatic rings.